The zero-order valence-electron chi connectivity index (χ0n) is 10.9. The summed E-state index contributed by atoms with van der Waals surface area (Å²) in [5.74, 6) is -0.698. The molecule has 0 unspecified atom stereocenters. The van der Waals surface area contributed by atoms with Gasteiger partial charge < -0.3 is 5.11 Å². The summed E-state index contributed by atoms with van der Waals surface area (Å²) in [6, 6.07) is 16.3. The number of benzene rings is 2. The van der Waals surface area contributed by atoms with Crippen LogP contribution in [0.3, 0.4) is 0 Å². The maximum absolute atomic E-state index is 11.3. The number of hydrogen-bond acceptors (Lipinski definition) is 1. The summed E-state index contributed by atoms with van der Waals surface area (Å²) in [7, 11) is 0. The molecule has 1 saturated carbocycles. The highest BCUT2D eigenvalue weighted by Crippen LogP contribution is 2.48. The van der Waals surface area contributed by atoms with Gasteiger partial charge in [0.25, 0.3) is 0 Å². The Morgan fingerprint density at radius 1 is 1.05 bits per heavy atom. The van der Waals surface area contributed by atoms with Gasteiger partial charge in [0.15, 0.2) is 0 Å². The fourth-order valence-electron chi connectivity index (χ4n) is 2.56. The van der Waals surface area contributed by atoms with Crippen LogP contribution >= 0.6 is 0 Å². The zero-order chi connectivity index (χ0) is 13.5. The van der Waals surface area contributed by atoms with Crippen molar-refractivity contribution in [3.05, 3.63) is 59.7 Å². The van der Waals surface area contributed by atoms with Gasteiger partial charge in [-0.3, -0.25) is 4.79 Å². The molecule has 2 heteroatoms. The predicted octanol–water partition coefficient (Wildman–Crippen LogP) is 3.78. The first kappa shape index (κ1) is 12.0. The second kappa shape index (κ2) is 4.23. The molecular formula is C17H16O2. The number of aryl methyl sites for hydroxylation is 1. The fourth-order valence-corrected chi connectivity index (χ4v) is 2.56. The molecule has 0 radical (unpaired) electrons. The van der Waals surface area contributed by atoms with E-state index < -0.39 is 11.4 Å². The van der Waals surface area contributed by atoms with E-state index in [-0.39, 0.29) is 0 Å². The maximum atomic E-state index is 11.3. The van der Waals surface area contributed by atoms with E-state index in [9.17, 15) is 9.90 Å². The molecule has 1 aliphatic rings. The quantitative estimate of drug-likeness (QED) is 0.902. The smallest absolute Gasteiger partial charge is 0.314 e. The van der Waals surface area contributed by atoms with Crippen molar-refractivity contribution in [1.29, 1.82) is 0 Å². The minimum atomic E-state index is -0.698. The molecule has 96 valence electrons. The Balaban J connectivity index is 1.94. The average Bonchev–Trinajstić information content (AvgIpc) is 3.20. The van der Waals surface area contributed by atoms with E-state index >= 15 is 0 Å². The highest BCUT2D eigenvalue weighted by Gasteiger charge is 2.51. The van der Waals surface area contributed by atoms with Gasteiger partial charge in [0.05, 0.1) is 5.41 Å². The van der Waals surface area contributed by atoms with Crippen LogP contribution in [0, 0.1) is 6.92 Å². The van der Waals surface area contributed by atoms with Crippen molar-refractivity contribution in [3.63, 3.8) is 0 Å². The monoisotopic (exact) mass is 252 g/mol. The number of aliphatic carboxylic acids is 1. The van der Waals surface area contributed by atoms with Gasteiger partial charge >= 0.3 is 5.97 Å². The topological polar surface area (TPSA) is 37.3 Å². The number of carboxylic acids is 1. The van der Waals surface area contributed by atoms with Crippen LogP contribution in [0.2, 0.25) is 0 Å². The van der Waals surface area contributed by atoms with E-state index in [2.05, 4.69) is 25.1 Å². The highest BCUT2D eigenvalue weighted by atomic mass is 16.4. The third-order valence-electron chi connectivity index (χ3n) is 3.95. The van der Waals surface area contributed by atoms with Crippen LogP contribution in [-0.4, -0.2) is 11.1 Å². The fraction of sp³-hybridized carbons (Fsp3) is 0.235. The Morgan fingerprint density at radius 3 is 2.26 bits per heavy atom. The van der Waals surface area contributed by atoms with Gasteiger partial charge in [-0.15, -0.1) is 0 Å². The largest absolute Gasteiger partial charge is 0.481 e. The van der Waals surface area contributed by atoms with E-state index in [1.807, 2.05) is 30.3 Å². The molecule has 1 N–H and O–H groups in total. The molecule has 0 heterocycles. The lowest BCUT2D eigenvalue weighted by Gasteiger charge is -2.11. The molecule has 2 aromatic rings. The molecule has 19 heavy (non-hydrogen) atoms. The molecule has 3 rings (SSSR count). The van der Waals surface area contributed by atoms with Crippen molar-refractivity contribution < 1.29 is 9.90 Å². The van der Waals surface area contributed by atoms with Gasteiger partial charge in [0.2, 0.25) is 0 Å². The van der Waals surface area contributed by atoms with Gasteiger partial charge in [0, 0.05) is 0 Å². The molecule has 0 aromatic heterocycles. The summed E-state index contributed by atoms with van der Waals surface area (Å²) in [6.07, 6.45) is 1.51. The number of rotatable bonds is 3. The Labute approximate surface area is 112 Å². The number of hydrogen-bond donors (Lipinski definition) is 1. The lowest BCUT2D eigenvalue weighted by atomic mass is 9.93. The molecule has 0 aliphatic heterocycles. The SMILES string of the molecule is Cc1cccc(-c2ccc(C3(C(=O)O)CC3)cc2)c1. The second-order valence-corrected chi connectivity index (χ2v) is 5.33. The second-order valence-electron chi connectivity index (χ2n) is 5.33. The normalized spacial score (nSPS) is 16.1. The van der Waals surface area contributed by atoms with Crippen molar-refractivity contribution in [1.82, 2.24) is 0 Å². The Hall–Kier alpha value is -2.09. The molecule has 0 saturated heterocycles. The summed E-state index contributed by atoms with van der Waals surface area (Å²) in [6.45, 7) is 2.07. The highest BCUT2D eigenvalue weighted by molar-refractivity contribution is 5.85. The van der Waals surface area contributed by atoms with Crippen molar-refractivity contribution >= 4 is 5.97 Å². The van der Waals surface area contributed by atoms with E-state index in [1.165, 1.54) is 11.1 Å². The Bertz CT molecular complexity index is 622. The van der Waals surface area contributed by atoms with E-state index in [4.69, 9.17) is 0 Å². The molecular weight excluding hydrogens is 236 g/mol. The lowest BCUT2D eigenvalue weighted by molar-refractivity contribution is -0.140. The van der Waals surface area contributed by atoms with Crippen LogP contribution in [0.15, 0.2) is 48.5 Å². The van der Waals surface area contributed by atoms with Crippen LogP contribution < -0.4 is 0 Å². The van der Waals surface area contributed by atoms with E-state index in [1.54, 1.807) is 0 Å². The van der Waals surface area contributed by atoms with E-state index in [0.717, 1.165) is 24.0 Å². The third kappa shape index (κ3) is 2.03. The summed E-state index contributed by atoms with van der Waals surface area (Å²) < 4.78 is 0. The van der Waals surface area contributed by atoms with E-state index in [0.29, 0.717) is 0 Å². The number of carbonyl (C=O) groups is 1. The zero-order valence-corrected chi connectivity index (χ0v) is 10.9. The maximum Gasteiger partial charge on any atom is 0.314 e. The van der Waals surface area contributed by atoms with Gasteiger partial charge in [-0.2, -0.15) is 0 Å². The van der Waals surface area contributed by atoms with Gasteiger partial charge in [-0.1, -0.05) is 54.1 Å². The van der Waals surface area contributed by atoms with Crippen molar-refractivity contribution in [2.24, 2.45) is 0 Å². The van der Waals surface area contributed by atoms with Crippen molar-refractivity contribution in [2.75, 3.05) is 0 Å². The first-order valence-corrected chi connectivity index (χ1v) is 6.53. The summed E-state index contributed by atoms with van der Waals surface area (Å²) >= 11 is 0. The summed E-state index contributed by atoms with van der Waals surface area (Å²) in [4.78, 5) is 11.3. The first-order chi connectivity index (χ1) is 9.12. The van der Waals surface area contributed by atoms with Gasteiger partial charge in [0.1, 0.15) is 0 Å². The van der Waals surface area contributed by atoms with Crippen molar-refractivity contribution in [2.45, 2.75) is 25.2 Å². The molecule has 1 fully saturated rings. The minimum Gasteiger partial charge on any atom is -0.481 e. The Morgan fingerprint density at radius 2 is 1.74 bits per heavy atom. The van der Waals surface area contributed by atoms with Crippen LogP contribution in [-0.2, 0) is 10.2 Å². The standard InChI is InChI=1S/C17H16O2/c1-12-3-2-4-14(11-12)13-5-7-15(8-6-13)17(9-10-17)16(18)19/h2-8,11H,9-10H2,1H3,(H,18,19). The van der Waals surface area contributed by atoms with Gasteiger partial charge in [-0.25, -0.2) is 0 Å². The molecule has 0 amide bonds. The molecule has 0 bridgehead atoms. The summed E-state index contributed by atoms with van der Waals surface area (Å²) in [5, 5.41) is 9.28. The van der Waals surface area contributed by atoms with Crippen molar-refractivity contribution in [3.8, 4) is 11.1 Å². The van der Waals surface area contributed by atoms with Crippen LogP contribution in [0.1, 0.15) is 24.0 Å². The molecule has 0 atom stereocenters. The van der Waals surface area contributed by atoms with Crippen LogP contribution in [0.25, 0.3) is 11.1 Å². The summed E-state index contributed by atoms with van der Waals surface area (Å²) in [5.41, 5.74) is 3.85. The Kier molecular flexibility index (Phi) is 2.67. The minimum absolute atomic E-state index is 0.606. The molecule has 2 aromatic carbocycles. The van der Waals surface area contributed by atoms with Gasteiger partial charge in [-0.05, 0) is 36.5 Å². The predicted molar refractivity (Wildman–Crippen MR) is 75.2 cm³/mol. The number of carboxylic acid groups (broad SMARTS) is 1. The lowest BCUT2D eigenvalue weighted by Crippen LogP contribution is -2.19. The van der Waals surface area contributed by atoms with Crippen LogP contribution in [0.5, 0.6) is 0 Å². The average molecular weight is 252 g/mol. The molecule has 2 nitrogen and oxygen atoms in total. The van der Waals surface area contributed by atoms with Crippen LogP contribution in [0.4, 0.5) is 0 Å². The molecule has 1 aliphatic carbocycles. The first-order valence-electron chi connectivity index (χ1n) is 6.53. The molecule has 0 spiro atoms. The third-order valence-corrected chi connectivity index (χ3v) is 3.95.